The Labute approximate surface area is 172 Å². The van der Waals surface area contributed by atoms with E-state index in [-0.39, 0.29) is 18.3 Å². The van der Waals surface area contributed by atoms with Crippen LogP contribution in [0.1, 0.15) is 31.7 Å². The van der Waals surface area contributed by atoms with Crippen LogP contribution in [-0.4, -0.2) is 42.5 Å². The highest BCUT2D eigenvalue weighted by molar-refractivity contribution is 5.85. The zero-order valence-electron chi connectivity index (χ0n) is 16.4. The van der Waals surface area contributed by atoms with Crippen molar-refractivity contribution in [2.45, 2.75) is 38.3 Å². The Kier molecular flexibility index (Phi) is 8.14. The van der Waals surface area contributed by atoms with E-state index >= 15 is 0 Å². The molecule has 0 bridgehead atoms. The van der Waals surface area contributed by atoms with E-state index in [2.05, 4.69) is 22.7 Å². The molecule has 3 rings (SSSR count). The topological polar surface area (TPSA) is 77.4 Å². The fourth-order valence-electron chi connectivity index (χ4n) is 3.42. The molecular formula is C20H29ClN4O3. The number of nitrogens with zero attached hydrogens (tertiary/aromatic N) is 2. The molecule has 1 amide bonds. The molecular weight excluding hydrogens is 380 g/mol. The lowest BCUT2D eigenvalue weighted by Gasteiger charge is -2.36. The largest absolute Gasteiger partial charge is 0.493 e. The number of methoxy groups -OCH3 is 1. The number of carbonyl (C=O) groups excluding carboxylic acids is 1. The second-order valence-electron chi connectivity index (χ2n) is 6.75. The van der Waals surface area contributed by atoms with Gasteiger partial charge in [-0.25, -0.2) is 0 Å². The van der Waals surface area contributed by atoms with Crippen LogP contribution < -0.4 is 20.1 Å². The Morgan fingerprint density at radius 3 is 2.75 bits per heavy atom. The first kappa shape index (κ1) is 22.0. The van der Waals surface area contributed by atoms with E-state index in [0.717, 1.165) is 30.8 Å². The molecule has 0 unspecified atom stereocenters. The van der Waals surface area contributed by atoms with Gasteiger partial charge in [0.25, 0.3) is 0 Å². The van der Waals surface area contributed by atoms with Crippen molar-refractivity contribution in [1.29, 1.82) is 0 Å². The number of nitrogens with one attached hydrogen (secondary N) is 2. The number of rotatable bonds is 8. The number of amides is 1. The molecule has 8 heteroatoms. The van der Waals surface area contributed by atoms with E-state index in [1.54, 1.807) is 18.0 Å². The van der Waals surface area contributed by atoms with Gasteiger partial charge in [-0.15, -0.1) is 12.4 Å². The third kappa shape index (κ3) is 4.77. The fraction of sp³-hybridized carbons (Fsp3) is 0.500. The number of halogens is 1. The summed E-state index contributed by atoms with van der Waals surface area (Å²) in [6.45, 7) is 4.73. The van der Waals surface area contributed by atoms with Gasteiger partial charge in [0.1, 0.15) is 5.54 Å². The number of aromatic nitrogens is 2. The first-order valence-corrected chi connectivity index (χ1v) is 9.48. The minimum Gasteiger partial charge on any atom is -0.493 e. The first-order valence-electron chi connectivity index (χ1n) is 9.48. The predicted octanol–water partition coefficient (Wildman–Crippen LogP) is 2.50. The monoisotopic (exact) mass is 408 g/mol. The van der Waals surface area contributed by atoms with Gasteiger partial charge in [0.15, 0.2) is 11.5 Å². The molecule has 1 fully saturated rings. The summed E-state index contributed by atoms with van der Waals surface area (Å²) < 4.78 is 12.9. The molecule has 1 aliphatic heterocycles. The fourth-order valence-corrected chi connectivity index (χ4v) is 3.42. The van der Waals surface area contributed by atoms with E-state index < -0.39 is 5.54 Å². The summed E-state index contributed by atoms with van der Waals surface area (Å²) in [6.07, 6.45) is 5.96. The van der Waals surface area contributed by atoms with Gasteiger partial charge in [0.05, 0.1) is 13.7 Å². The average molecular weight is 409 g/mol. The van der Waals surface area contributed by atoms with Crippen molar-refractivity contribution in [2.75, 3.05) is 26.8 Å². The zero-order chi connectivity index (χ0) is 19.1. The van der Waals surface area contributed by atoms with Gasteiger partial charge in [-0.3, -0.25) is 9.48 Å². The van der Waals surface area contributed by atoms with Gasteiger partial charge in [0, 0.05) is 18.9 Å². The molecule has 0 atom stereocenters. The molecule has 1 saturated heterocycles. The second kappa shape index (κ2) is 10.3. The Bertz CT molecular complexity index is 746. The van der Waals surface area contributed by atoms with Crippen molar-refractivity contribution in [3.63, 3.8) is 0 Å². The summed E-state index contributed by atoms with van der Waals surface area (Å²) >= 11 is 0. The van der Waals surface area contributed by atoms with Crippen molar-refractivity contribution >= 4 is 18.3 Å². The smallest absolute Gasteiger partial charge is 0.248 e. The predicted molar refractivity (Wildman–Crippen MR) is 110 cm³/mol. The molecule has 1 aliphatic rings. The van der Waals surface area contributed by atoms with Gasteiger partial charge < -0.3 is 20.1 Å². The van der Waals surface area contributed by atoms with E-state index in [0.29, 0.717) is 31.7 Å². The standard InChI is InChI=1S/C20H28N4O3.ClH/c1-3-13-27-17-6-5-16(14-18(17)26-2)15-22-19(25)20(7-10-21-11-8-20)24-12-4-9-23-24;/h4-6,9,12,14,21H,3,7-8,10-11,13,15H2,1-2H3,(H,22,25);1H. The van der Waals surface area contributed by atoms with Crippen molar-refractivity contribution in [1.82, 2.24) is 20.4 Å². The molecule has 7 nitrogen and oxygen atoms in total. The van der Waals surface area contributed by atoms with Crippen LogP contribution in [0.25, 0.3) is 0 Å². The molecule has 1 aromatic heterocycles. The van der Waals surface area contributed by atoms with Crippen LogP contribution in [0.15, 0.2) is 36.7 Å². The summed E-state index contributed by atoms with van der Waals surface area (Å²) in [7, 11) is 1.62. The van der Waals surface area contributed by atoms with Crippen molar-refractivity contribution in [3.8, 4) is 11.5 Å². The normalized spacial score (nSPS) is 15.4. The van der Waals surface area contributed by atoms with Gasteiger partial charge in [-0.1, -0.05) is 13.0 Å². The summed E-state index contributed by atoms with van der Waals surface area (Å²) in [5.41, 5.74) is 0.330. The third-order valence-corrected chi connectivity index (χ3v) is 4.94. The summed E-state index contributed by atoms with van der Waals surface area (Å²) in [5, 5.41) is 10.8. The van der Waals surface area contributed by atoms with Crippen molar-refractivity contribution in [2.24, 2.45) is 0 Å². The number of carbonyl (C=O) groups is 1. The quantitative estimate of drug-likeness (QED) is 0.701. The Morgan fingerprint density at radius 2 is 2.11 bits per heavy atom. The van der Waals surface area contributed by atoms with Crippen LogP contribution in [0.5, 0.6) is 11.5 Å². The maximum atomic E-state index is 13.1. The van der Waals surface area contributed by atoms with Crippen LogP contribution >= 0.6 is 12.4 Å². The van der Waals surface area contributed by atoms with Gasteiger partial charge >= 0.3 is 0 Å². The molecule has 2 aromatic rings. The highest BCUT2D eigenvalue weighted by Gasteiger charge is 2.41. The number of ether oxygens (including phenoxy) is 2. The van der Waals surface area contributed by atoms with E-state index in [4.69, 9.17) is 9.47 Å². The minimum absolute atomic E-state index is 0. The lowest BCUT2D eigenvalue weighted by Crippen LogP contribution is -2.54. The molecule has 28 heavy (non-hydrogen) atoms. The Morgan fingerprint density at radius 1 is 1.32 bits per heavy atom. The molecule has 154 valence electrons. The third-order valence-electron chi connectivity index (χ3n) is 4.94. The lowest BCUT2D eigenvalue weighted by atomic mass is 9.87. The highest BCUT2D eigenvalue weighted by atomic mass is 35.5. The summed E-state index contributed by atoms with van der Waals surface area (Å²) in [5.74, 6) is 1.40. The van der Waals surface area contributed by atoms with Crippen LogP contribution in [0.2, 0.25) is 0 Å². The van der Waals surface area contributed by atoms with E-state index in [1.807, 2.05) is 30.5 Å². The number of hydrogen-bond donors (Lipinski definition) is 2. The molecule has 0 spiro atoms. The first-order chi connectivity index (χ1) is 13.2. The van der Waals surface area contributed by atoms with Gasteiger partial charge in [0.2, 0.25) is 5.91 Å². The van der Waals surface area contributed by atoms with Gasteiger partial charge in [-0.05, 0) is 56.1 Å². The van der Waals surface area contributed by atoms with Crippen molar-refractivity contribution in [3.05, 3.63) is 42.2 Å². The molecule has 2 N–H and O–H groups in total. The maximum Gasteiger partial charge on any atom is 0.248 e. The Hall–Kier alpha value is -2.25. The minimum atomic E-state index is -0.636. The lowest BCUT2D eigenvalue weighted by molar-refractivity contribution is -0.132. The second-order valence-corrected chi connectivity index (χ2v) is 6.75. The average Bonchev–Trinajstić information content (AvgIpc) is 3.26. The highest BCUT2D eigenvalue weighted by Crippen LogP contribution is 2.29. The van der Waals surface area contributed by atoms with Crippen LogP contribution in [-0.2, 0) is 16.9 Å². The number of piperidine rings is 1. The van der Waals surface area contributed by atoms with Crippen LogP contribution in [0.3, 0.4) is 0 Å². The molecule has 0 aliphatic carbocycles. The van der Waals surface area contributed by atoms with Crippen LogP contribution in [0.4, 0.5) is 0 Å². The summed E-state index contributed by atoms with van der Waals surface area (Å²) in [4.78, 5) is 13.1. The molecule has 0 saturated carbocycles. The van der Waals surface area contributed by atoms with Gasteiger partial charge in [-0.2, -0.15) is 5.10 Å². The zero-order valence-corrected chi connectivity index (χ0v) is 17.3. The molecule has 1 aromatic carbocycles. The number of benzene rings is 1. The molecule has 0 radical (unpaired) electrons. The van der Waals surface area contributed by atoms with Crippen molar-refractivity contribution < 1.29 is 14.3 Å². The SMILES string of the molecule is CCCOc1ccc(CNC(=O)C2(n3cccn3)CCNCC2)cc1OC.Cl. The van der Waals surface area contributed by atoms with E-state index in [1.165, 1.54) is 0 Å². The Balaban J connectivity index is 0.00000280. The summed E-state index contributed by atoms with van der Waals surface area (Å²) in [6, 6.07) is 7.62. The van der Waals surface area contributed by atoms with Crippen LogP contribution in [0, 0.1) is 0 Å². The maximum absolute atomic E-state index is 13.1. The molecule has 2 heterocycles. The van der Waals surface area contributed by atoms with E-state index in [9.17, 15) is 4.79 Å². The number of hydrogen-bond acceptors (Lipinski definition) is 5.